The molecule has 4 unspecified atom stereocenters. The number of ether oxygens (including phenoxy) is 1. The Morgan fingerprint density at radius 1 is 1.32 bits per heavy atom. The number of nitrogens with zero attached hydrogens (tertiary/aromatic N) is 4. The minimum atomic E-state index is -1.02. The van der Waals surface area contributed by atoms with E-state index in [0.29, 0.717) is 22.7 Å². The van der Waals surface area contributed by atoms with Crippen LogP contribution in [0.25, 0.3) is 11.2 Å². The van der Waals surface area contributed by atoms with Crippen LogP contribution in [0.4, 0.5) is 5.82 Å². The first kappa shape index (κ1) is 15.5. The molecule has 3 heterocycles. The van der Waals surface area contributed by atoms with Crippen molar-refractivity contribution < 1.29 is 14.9 Å². The van der Waals surface area contributed by atoms with Gasteiger partial charge in [0.1, 0.15) is 24.1 Å². The van der Waals surface area contributed by atoms with Crippen LogP contribution >= 0.6 is 11.8 Å². The van der Waals surface area contributed by atoms with Gasteiger partial charge in [0.2, 0.25) is 0 Å². The zero-order chi connectivity index (χ0) is 15.7. The Morgan fingerprint density at radius 3 is 2.86 bits per heavy atom. The molecule has 0 aromatic carbocycles. The summed E-state index contributed by atoms with van der Waals surface area (Å²) < 4.78 is 7.48. The van der Waals surface area contributed by atoms with Crippen LogP contribution in [-0.2, 0) is 4.74 Å². The highest BCUT2D eigenvalue weighted by Crippen LogP contribution is 2.33. The number of hydrogen-bond donors (Lipinski definition) is 3. The van der Waals surface area contributed by atoms with Crippen molar-refractivity contribution in [3.05, 3.63) is 12.7 Å². The Hall–Kier alpha value is -1.42. The fourth-order valence-electron chi connectivity index (χ4n) is 2.55. The van der Waals surface area contributed by atoms with Crippen molar-refractivity contribution in [1.29, 1.82) is 0 Å². The Labute approximate surface area is 131 Å². The van der Waals surface area contributed by atoms with E-state index >= 15 is 0 Å². The van der Waals surface area contributed by atoms with E-state index in [9.17, 15) is 10.2 Å². The monoisotopic (exact) mass is 325 g/mol. The molecule has 1 fully saturated rings. The predicted molar refractivity (Wildman–Crippen MR) is 83.8 cm³/mol. The Morgan fingerprint density at radius 2 is 2.14 bits per heavy atom. The fraction of sp³-hybridized carbons (Fsp3) is 0.615. The van der Waals surface area contributed by atoms with Crippen molar-refractivity contribution in [2.24, 2.45) is 0 Å². The van der Waals surface area contributed by atoms with Gasteiger partial charge in [0.15, 0.2) is 17.7 Å². The third-order valence-electron chi connectivity index (χ3n) is 3.69. The fourth-order valence-corrected chi connectivity index (χ4v) is 3.30. The van der Waals surface area contributed by atoms with E-state index in [1.807, 2.05) is 6.92 Å². The number of aromatic nitrogens is 4. The van der Waals surface area contributed by atoms with Crippen molar-refractivity contribution >= 4 is 28.7 Å². The number of fused-ring (bicyclic) bond motifs is 1. The summed E-state index contributed by atoms with van der Waals surface area (Å²) in [4.78, 5) is 12.6. The lowest BCUT2D eigenvalue weighted by Crippen LogP contribution is -2.32. The van der Waals surface area contributed by atoms with Gasteiger partial charge in [-0.1, -0.05) is 6.92 Å². The van der Waals surface area contributed by atoms with Crippen LogP contribution in [0.2, 0.25) is 0 Å². The van der Waals surface area contributed by atoms with Gasteiger partial charge in [-0.3, -0.25) is 4.57 Å². The van der Waals surface area contributed by atoms with E-state index in [-0.39, 0.29) is 0 Å². The van der Waals surface area contributed by atoms with Crippen LogP contribution in [-0.4, -0.2) is 66.6 Å². The normalized spacial score (nSPS) is 28.4. The molecule has 0 spiro atoms. The van der Waals surface area contributed by atoms with E-state index in [4.69, 9.17) is 4.74 Å². The first-order valence-electron chi connectivity index (χ1n) is 7.12. The molecular weight excluding hydrogens is 306 g/mol. The number of anilines is 1. The summed E-state index contributed by atoms with van der Waals surface area (Å²) in [6.07, 6.45) is -0.0833. The third-order valence-corrected chi connectivity index (χ3v) is 4.67. The van der Waals surface area contributed by atoms with Gasteiger partial charge in [-0.15, -0.1) is 0 Å². The highest BCUT2D eigenvalue weighted by atomic mass is 32.2. The van der Waals surface area contributed by atoms with Crippen molar-refractivity contribution in [3.8, 4) is 0 Å². The maximum Gasteiger partial charge on any atom is 0.167 e. The lowest BCUT2D eigenvalue weighted by molar-refractivity contribution is -0.0288. The van der Waals surface area contributed by atoms with Crippen LogP contribution in [0.1, 0.15) is 13.2 Å². The number of hydrogen-bond acceptors (Lipinski definition) is 8. The maximum absolute atomic E-state index is 10.3. The number of aliphatic hydroxyl groups is 2. The molecular formula is C13H19N5O3S. The summed E-state index contributed by atoms with van der Waals surface area (Å²) >= 11 is 1.66. The topological polar surface area (TPSA) is 105 Å². The van der Waals surface area contributed by atoms with Gasteiger partial charge in [-0.05, 0) is 5.75 Å². The van der Waals surface area contributed by atoms with Crippen LogP contribution in [0, 0.1) is 0 Å². The van der Waals surface area contributed by atoms with E-state index < -0.39 is 24.5 Å². The molecule has 8 nitrogen and oxygen atoms in total. The maximum atomic E-state index is 10.3. The van der Waals surface area contributed by atoms with Gasteiger partial charge in [-0.25, -0.2) is 15.0 Å². The van der Waals surface area contributed by atoms with Crippen LogP contribution < -0.4 is 5.32 Å². The Bertz CT molecular complexity index is 652. The van der Waals surface area contributed by atoms with Crippen LogP contribution in [0.3, 0.4) is 0 Å². The number of aliphatic hydroxyl groups excluding tert-OH is 2. The van der Waals surface area contributed by atoms with Crippen molar-refractivity contribution in [3.63, 3.8) is 0 Å². The first-order valence-corrected chi connectivity index (χ1v) is 8.27. The molecule has 3 N–H and O–H groups in total. The molecule has 0 radical (unpaired) electrons. The number of thioether (sulfide) groups is 1. The Balaban J connectivity index is 1.91. The van der Waals surface area contributed by atoms with Gasteiger partial charge >= 0.3 is 0 Å². The first-order chi connectivity index (χ1) is 10.7. The number of rotatable bonds is 5. The number of nitrogens with one attached hydrogen (secondary N) is 1. The molecule has 120 valence electrons. The highest BCUT2D eigenvalue weighted by Gasteiger charge is 2.44. The summed E-state index contributed by atoms with van der Waals surface area (Å²) in [6.45, 7) is 2.04. The second kappa shape index (κ2) is 6.37. The molecule has 9 heteroatoms. The lowest BCUT2D eigenvalue weighted by atomic mass is 10.1. The second-order valence-electron chi connectivity index (χ2n) is 5.00. The minimum absolute atomic E-state index is 0.409. The zero-order valence-corrected chi connectivity index (χ0v) is 13.2. The summed E-state index contributed by atoms with van der Waals surface area (Å²) in [5, 5.41) is 23.4. The van der Waals surface area contributed by atoms with E-state index in [0.717, 1.165) is 5.75 Å². The summed E-state index contributed by atoms with van der Waals surface area (Å²) in [5.74, 6) is 2.17. The zero-order valence-electron chi connectivity index (χ0n) is 12.4. The molecule has 1 aliphatic heterocycles. The second-order valence-corrected chi connectivity index (χ2v) is 6.32. The summed E-state index contributed by atoms with van der Waals surface area (Å²) in [6, 6.07) is 0. The molecule has 1 saturated heterocycles. The Kier molecular flexibility index (Phi) is 4.48. The summed E-state index contributed by atoms with van der Waals surface area (Å²) in [7, 11) is 1.75. The van der Waals surface area contributed by atoms with E-state index in [1.165, 1.54) is 6.33 Å². The average molecular weight is 325 g/mol. The smallest absolute Gasteiger partial charge is 0.167 e. The van der Waals surface area contributed by atoms with Gasteiger partial charge in [0, 0.05) is 12.8 Å². The molecule has 22 heavy (non-hydrogen) atoms. The van der Waals surface area contributed by atoms with Crippen molar-refractivity contribution in [2.75, 3.05) is 23.9 Å². The summed E-state index contributed by atoms with van der Waals surface area (Å²) in [5.41, 5.74) is 1.15. The molecule has 0 amide bonds. The predicted octanol–water partition coefficient (Wildman–Crippen LogP) is 0.240. The SMILES string of the molecule is CCSCC1OC(n2cnc3c(NC)ncnc32)C(O)C1O. The van der Waals surface area contributed by atoms with Gasteiger partial charge < -0.3 is 20.3 Å². The standard InChI is InChI=1S/C13H19N5O3S/c1-3-22-4-7-9(19)10(20)13(21-7)18-6-17-8-11(14-2)15-5-16-12(8)18/h5-7,9-10,13,19-20H,3-4H2,1-2H3,(H,14,15,16). The molecule has 2 aromatic heterocycles. The van der Waals surface area contributed by atoms with Gasteiger partial charge in [0.05, 0.1) is 12.4 Å². The molecule has 0 aliphatic carbocycles. The van der Waals surface area contributed by atoms with Crippen molar-refractivity contribution in [1.82, 2.24) is 19.5 Å². The molecule has 0 saturated carbocycles. The van der Waals surface area contributed by atoms with Gasteiger partial charge in [0.25, 0.3) is 0 Å². The quantitative estimate of drug-likeness (QED) is 0.718. The van der Waals surface area contributed by atoms with Crippen LogP contribution in [0.15, 0.2) is 12.7 Å². The minimum Gasteiger partial charge on any atom is -0.387 e. The molecule has 3 rings (SSSR count). The largest absolute Gasteiger partial charge is 0.387 e. The third kappa shape index (κ3) is 2.54. The highest BCUT2D eigenvalue weighted by molar-refractivity contribution is 7.99. The van der Waals surface area contributed by atoms with Crippen LogP contribution in [0.5, 0.6) is 0 Å². The average Bonchev–Trinajstić information content (AvgIpc) is 3.08. The van der Waals surface area contributed by atoms with E-state index in [1.54, 1.807) is 29.7 Å². The van der Waals surface area contributed by atoms with Gasteiger partial charge in [-0.2, -0.15) is 11.8 Å². The van der Waals surface area contributed by atoms with Crippen molar-refractivity contribution in [2.45, 2.75) is 31.5 Å². The number of imidazole rings is 1. The van der Waals surface area contributed by atoms with E-state index in [2.05, 4.69) is 20.3 Å². The lowest BCUT2D eigenvalue weighted by Gasteiger charge is -2.16. The molecule has 1 aliphatic rings. The molecule has 0 bridgehead atoms. The molecule has 2 aromatic rings. The molecule has 4 atom stereocenters.